The third kappa shape index (κ3) is 3.03. The second-order valence-electron chi connectivity index (χ2n) is 4.40. The molecule has 3 heteroatoms. The quantitative estimate of drug-likeness (QED) is 0.845. The molecule has 84 valence electrons. The Bertz CT molecular complexity index is 302. The van der Waals surface area contributed by atoms with Gasteiger partial charge in [-0.3, -0.25) is 0 Å². The fraction of sp³-hybridized carbons (Fsp3) is 0.667. The maximum Gasteiger partial charge on any atom is 0.0108 e. The average Bonchev–Trinajstić information content (AvgIpc) is 2.66. The number of nitrogens with one attached hydrogen (secondary N) is 1. The molecule has 1 aromatic heterocycles. The van der Waals surface area contributed by atoms with E-state index in [4.69, 9.17) is 0 Å². The molecule has 1 unspecified atom stereocenters. The largest absolute Gasteiger partial charge is 0.314 e. The first kappa shape index (κ1) is 11.1. The van der Waals surface area contributed by atoms with E-state index in [-0.39, 0.29) is 0 Å². The van der Waals surface area contributed by atoms with E-state index in [1.807, 2.05) is 11.3 Å². The Labute approximate surface area is 96.3 Å². The molecular weight excluding hydrogens is 204 g/mol. The fourth-order valence-corrected chi connectivity index (χ4v) is 3.01. The minimum Gasteiger partial charge on any atom is -0.314 e. The van der Waals surface area contributed by atoms with Gasteiger partial charge in [0.2, 0.25) is 0 Å². The van der Waals surface area contributed by atoms with Crippen LogP contribution >= 0.6 is 11.3 Å². The van der Waals surface area contributed by atoms with Crippen LogP contribution in [0.15, 0.2) is 12.1 Å². The van der Waals surface area contributed by atoms with Gasteiger partial charge in [0.15, 0.2) is 0 Å². The van der Waals surface area contributed by atoms with E-state index in [0.29, 0.717) is 5.92 Å². The lowest BCUT2D eigenvalue weighted by Crippen LogP contribution is -2.44. The summed E-state index contributed by atoms with van der Waals surface area (Å²) in [5.74, 6) is 0.682. The van der Waals surface area contributed by atoms with Gasteiger partial charge in [-0.05, 0) is 19.1 Å². The number of aryl methyl sites for hydroxylation is 1. The lowest BCUT2D eigenvalue weighted by Gasteiger charge is -2.29. The fourth-order valence-electron chi connectivity index (χ4n) is 2.09. The van der Waals surface area contributed by atoms with Crippen LogP contribution in [0.4, 0.5) is 0 Å². The molecule has 0 aliphatic carbocycles. The first-order chi connectivity index (χ1) is 7.25. The lowest BCUT2D eigenvalue weighted by atomic mass is 10.1. The third-order valence-corrected chi connectivity index (χ3v) is 4.22. The van der Waals surface area contributed by atoms with Gasteiger partial charge in [-0.15, -0.1) is 11.3 Å². The van der Waals surface area contributed by atoms with Crippen molar-refractivity contribution in [3.05, 3.63) is 21.9 Å². The molecule has 1 aromatic rings. The van der Waals surface area contributed by atoms with Gasteiger partial charge in [0.25, 0.3) is 0 Å². The van der Waals surface area contributed by atoms with E-state index < -0.39 is 0 Å². The van der Waals surface area contributed by atoms with Gasteiger partial charge in [-0.25, -0.2) is 0 Å². The predicted octanol–water partition coefficient (Wildman–Crippen LogP) is 2.07. The number of thiophene rings is 1. The van der Waals surface area contributed by atoms with Crippen LogP contribution in [0.25, 0.3) is 0 Å². The lowest BCUT2D eigenvalue weighted by molar-refractivity contribution is 0.231. The molecule has 1 saturated heterocycles. The van der Waals surface area contributed by atoms with E-state index in [1.165, 1.54) is 29.4 Å². The molecule has 2 heterocycles. The number of rotatable bonds is 3. The number of hydrogen-bond donors (Lipinski definition) is 1. The average molecular weight is 224 g/mol. The Morgan fingerprint density at radius 3 is 2.73 bits per heavy atom. The zero-order valence-electron chi connectivity index (χ0n) is 9.62. The standard InChI is InChI=1S/C12H20N2S/c1-10(12-4-3-11(2)15-12)9-14-7-5-13-6-8-14/h3-4,10,13H,5-9H2,1-2H3. The third-order valence-electron chi connectivity index (χ3n) is 2.99. The Morgan fingerprint density at radius 1 is 1.40 bits per heavy atom. The van der Waals surface area contributed by atoms with Crippen molar-refractivity contribution >= 4 is 11.3 Å². The zero-order valence-corrected chi connectivity index (χ0v) is 10.4. The van der Waals surface area contributed by atoms with Gasteiger partial charge in [0.1, 0.15) is 0 Å². The van der Waals surface area contributed by atoms with Crippen LogP contribution < -0.4 is 5.32 Å². The predicted molar refractivity (Wildman–Crippen MR) is 66.8 cm³/mol. The van der Waals surface area contributed by atoms with Gasteiger partial charge < -0.3 is 10.2 Å². The maximum absolute atomic E-state index is 3.39. The minimum absolute atomic E-state index is 0.682. The summed E-state index contributed by atoms with van der Waals surface area (Å²) in [6.07, 6.45) is 0. The molecule has 15 heavy (non-hydrogen) atoms. The van der Waals surface area contributed by atoms with Gasteiger partial charge in [-0.1, -0.05) is 6.92 Å². The summed E-state index contributed by atoms with van der Waals surface area (Å²) < 4.78 is 0. The summed E-state index contributed by atoms with van der Waals surface area (Å²) in [5.41, 5.74) is 0. The summed E-state index contributed by atoms with van der Waals surface area (Å²) in [7, 11) is 0. The number of nitrogens with zero attached hydrogens (tertiary/aromatic N) is 1. The van der Waals surface area contributed by atoms with Crippen molar-refractivity contribution < 1.29 is 0 Å². The van der Waals surface area contributed by atoms with Crippen molar-refractivity contribution in [2.75, 3.05) is 32.7 Å². The Balaban J connectivity index is 1.88. The first-order valence-corrected chi connectivity index (χ1v) is 6.57. The molecule has 1 N–H and O–H groups in total. The SMILES string of the molecule is Cc1ccc(C(C)CN2CCNCC2)s1. The van der Waals surface area contributed by atoms with E-state index in [1.54, 1.807) is 0 Å². The highest BCUT2D eigenvalue weighted by atomic mass is 32.1. The van der Waals surface area contributed by atoms with E-state index in [9.17, 15) is 0 Å². The van der Waals surface area contributed by atoms with Gasteiger partial charge >= 0.3 is 0 Å². The van der Waals surface area contributed by atoms with Gasteiger partial charge in [0.05, 0.1) is 0 Å². The van der Waals surface area contributed by atoms with E-state index >= 15 is 0 Å². The molecule has 0 spiro atoms. The van der Waals surface area contributed by atoms with Crippen molar-refractivity contribution in [1.29, 1.82) is 0 Å². The van der Waals surface area contributed by atoms with E-state index in [2.05, 4.69) is 36.2 Å². The minimum atomic E-state index is 0.682. The highest BCUT2D eigenvalue weighted by Crippen LogP contribution is 2.24. The van der Waals surface area contributed by atoms with Crippen molar-refractivity contribution in [2.24, 2.45) is 0 Å². The number of hydrogen-bond acceptors (Lipinski definition) is 3. The van der Waals surface area contributed by atoms with Crippen LogP contribution in [-0.2, 0) is 0 Å². The zero-order chi connectivity index (χ0) is 10.7. The van der Waals surface area contributed by atoms with Gasteiger partial charge in [0, 0.05) is 48.4 Å². The summed E-state index contributed by atoms with van der Waals surface area (Å²) in [4.78, 5) is 5.53. The molecule has 0 radical (unpaired) electrons. The van der Waals surface area contributed by atoms with Crippen molar-refractivity contribution in [1.82, 2.24) is 10.2 Å². The molecule has 0 bridgehead atoms. The van der Waals surface area contributed by atoms with Crippen LogP contribution in [0.3, 0.4) is 0 Å². The molecule has 0 amide bonds. The molecule has 1 fully saturated rings. The second kappa shape index (κ2) is 5.10. The summed E-state index contributed by atoms with van der Waals surface area (Å²) in [6.45, 7) is 10.4. The molecule has 2 rings (SSSR count). The van der Waals surface area contributed by atoms with Crippen LogP contribution in [0, 0.1) is 6.92 Å². The van der Waals surface area contributed by atoms with Crippen molar-refractivity contribution in [2.45, 2.75) is 19.8 Å². The van der Waals surface area contributed by atoms with E-state index in [0.717, 1.165) is 13.1 Å². The van der Waals surface area contributed by atoms with Crippen molar-refractivity contribution in [3.8, 4) is 0 Å². The Kier molecular flexibility index (Phi) is 3.78. The van der Waals surface area contributed by atoms with Crippen LogP contribution in [-0.4, -0.2) is 37.6 Å². The highest BCUT2D eigenvalue weighted by Gasteiger charge is 2.15. The monoisotopic (exact) mass is 224 g/mol. The van der Waals surface area contributed by atoms with Crippen LogP contribution in [0.5, 0.6) is 0 Å². The molecule has 1 aliphatic rings. The summed E-state index contributed by atoms with van der Waals surface area (Å²) >= 11 is 1.94. The van der Waals surface area contributed by atoms with Crippen molar-refractivity contribution in [3.63, 3.8) is 0 Å². The Hall–Kier alpha value is -0.380. The molecule has 1 aliphatic heterocycles. The maximum atomic E-state index is 3.39. The Morgan fingerprint density at radius 2 is 2.13 bits per heavy atom. The van der Waals surface area contributed by atoms with Crippen LogP contribution in [0.2, 0.25) is 0 Å². The molecule has 0 saturated carbocycles. The number of piperazine rings is 1. The van der Waals surface area contributed by atoms with Crippen LogP contribution in [0.1, 0.15) is 22.6 Å². The summed E-state index contributed by atoms with van der Waals surface area (Å²) in [6, 6.07) is 4.52. The smallest absolute Gasteiger partial charge is 0.0108 e. The normalized spacial score (nSPS) is 20.4. The second-order valence-corrected chi connectivity index (χ2v) is 5.72. The molecule has 0 aromatic carbocycles. The molecule has 1 atom stereocenters. The first-order valence-electron chi connectivity index (χ1n) is 5.75. The summed E-state index contributed by atoms with van der Waals surface area (Å²) in [5, 5.41) is 3.39. The highest BCUT2D eigenvalue weighted by molar-refractivity contribution is 7.12. The topological polar surface area (TPSA) is 15.3 Å². The molecular formula is C12H20N2S. The van der Waals surface area contributed by atoms with Gasteiger partial charge in [-0.2, -0.15) is 0 Å². The molecule has 2 nitrogen and oxygen atoms in total.